The molecule has 0 aromatic heterocycles. The van der Waals surface area contributed by atoms with Gasteiger partial charge in [-0.15, -0.1) is 0 Å². The van der Waals surface area contributed by atoms with E-state index in [1.54, 1.807) is 41.3 Å². The van der Waals surface area contributed by atoms with E-state index < -0.39 is 5.97 Å². The fourth-order valence-corrected chi connectivity index (χ4v) is 4.42. The Labute approximate surface area is 199 Å². The van der Waals surface area contributed by atoms with Gasteiger partial charge in [0.15, 0.2) is 18.1 Å². The number of carbonyl (C=O) groups is 3. The van der Waals surface area contributed by atoms with Gasteiger partial charge in [-0.1, -0.05) is 0 Å². The van der Waals surface area contributed by atoms with E-state index in [-0.39, 0.29) is 18.4 Å². The minimum Gasteiger partial charge on any atom is -0.490 e. The Morgan fingerprint density at radius 3 is 2.38 bits per heavy atom. The largest absolute Gasteiger partial charge is 0.490 e. The minimum atomic E-state index is -0.400. The molecular formula is C26H30N2O6. The topological polar surface area (TPSA) is 85.4 Å². The highest BCUT2D eigenvalue weighted by atomic mass is 16.5. The quantitative estimate of drug-likeness (QED) is 0.581. The van der Waals surface area contributed by atoms with Gasteiger partial charge >= 0.3 is 5.97 Å². The van der Waals surface area contributed by atoms with Gasteiger partial charge in [0.2, 0.25) is 0 Å². The van der Waals surface area contributed by atoms with Gasteiger partial charge in [-0.25, -0.2) is 4.79 Å². The lowest BCUT2D eigenvalue weighted by molar-refractivity contribution is -0.134. The maximum absolute atomic E-state index is 13.3. The number of anilines is 1. The maximum atomic E-state index is 13.3. The van der Waals surface area contributed by atoms with Gasteiger partial charge in [-0.05, 0) is 74.6 Å². The zero-order valence-corrected chi connectivity index (χ0v) is 19.7. The predicted octanol–water partition coefficient (Wildman–Crippen LogP) is 3.47. The number of likely N-dealkylation sites (tertiary alicyclic amines) is 1. The van der Waals surface area contributed by atoms with Crippen LogP contribution < -0.4 is 14.4 Å². The predicted molar refractivity (Wildman–Crippen MR) is 127 cm³/mol. The Morgan fingerprint density at radius 1 is 0.882 bits per heavy atom. The molecule has 8 nitrogen and oxygen atoms in total. The summed E-state index contributed by atoms with van der Waals surface area (Å²) in [6.45, 7) is 4.25. The van der Waals surface area contributed by atoms with Crippen LogP contribution in [0.15, 0.2) is 36.4 Å². The van der Waals surface area contributed by atoms with Crippen LogP contribution in [-0.2, 0) is 16.0 Å². The van der Waals surface area contributed by atoms with Gasteiger partial charge < -0.3 is 24.0 Å². The van der Waals surface area contributed by atoms with Crippen LogP contribution in [0.2, 0.25) is 0 Å². The highest BCUT2D eigenvalue weighted by Gasteiger charge is 2.27. The van der Waals surface area contributed by atoms with Crippen molar-refractivity contribution < 1.29 is 28.6 Å². The lowest BCUT2D eigenvalue weighted by Crippen LogP contribution is -2.38. The molecule has 4 rings (SSSR count). The number of rotatable bonds is 7. The molecule has 0 N–H and O–H groups in total. The van der Waals surface area contributed by atoms with Gasteiger partial charge in [0, 0.05) is 30.9 Å². The van der Waals surface area contributed by atoms with Crippen molar-refractivity contribution in [3.63, 3.8) is 0 Å². The van der Waals surface area contributed by atoms with Crippen LogP contribution in [0, 0.1) is 0 Å². The molecule has 0 bridgehead atoms. The average Bonchev–Trinajstić information content (AvgIpc) is 3.30. The normalized spacial score (nSPS) is 15.0. The molecule has 1 fully saturated rings. The summed E-state index contributed by atoms with van der Waals surface area (Å²) in [5.74, 6) is 0.264. The fraction of sp³-hybridized carbons (Fsp3) is 0.423. The summed E-state index contributed by atoms with van der Waals surface area (Å²) in [6.07, 6.45) is 3.86. The third kappa shape index (κ3) is 5.00. The second kappa shape index (κ2) is 10.6. The Balaban J connectivity index is 1.48. The van der Waals surface area contributed by atoms with Crippen molar-refractivity contribution in [2.75, 3.05) is 44.9 Å². The Bertz CT molecular complexity index is 1080. The van der Waals surface area contributed by atoms with Crippen molar-refractivity contribution in [3.8, 4) is 11.5 Å². The summed E-state index contributed by atoms with van der Waals surface area (Å²) in [6, 6.07) is 10.2. The van der Waals surface area contributed by atoms with E-state index in [0.29, 0.717) is 42.2 Å². The Kier molecular flexibility index (Phi) is 7.35. The zero-order valence-electron chi connectivity index (χ0n) is 19.7. The summed E-state index contributed by atoms with van der Waals surface area (Å²) in [5.41, 5.74) is 2.64. The van der Waals surface area contributed by atoms with E-state index >= 15 is 0 Å². The first-order chi connectivity index (χ1) is 16.5. The van der Waals surface area contributed by atoms with Gasteiger partial charge in [-0.3, -0.25) is 9.59 Å². The molecule has 0 saturated carbocycles. The summed E-state index contributed by atoms with van der Waals surface area (Å²) >= 11 is 0. The summed E-state index contributed by atoms with van der Waals surface area (Å²) < 4.78 is 16.3. The molecule has 0 unspecified atom stereocenters. The van der Waals surface area contributed by atoms with Crippen LogP contribution >= 0.6 is 0 Å². The van der Waals surface area contributed by atoms with Crippen LogP contribution in [-0.4, -0.2) is 62.6 Å². The molecule has 0 aliphatic carbocycles. The molecule has 2 aliphatic heterocycles. The van der Waals surface area contributed by atoms with Gasteiger partial charge in [0.05, 0.1) is 19.3 Å². The number of methoxy groups -OCH3 is 1. The van der Waals surface area contributed by atoms with E-state index in [2.05, 4.69) is 0 Å². The molecule has 1 saturated heterocycles. The standard InChI is InChI=1S/C26H30N2O6/c1-3-33-23-16-19(8-10-22(23)34-17-24(29)27-12-5-4-6-13-27)25(30)28-14-11-18-15-20(26(31)32-2)7-9-21(18)28/h7-10,15-16H,3-6,11-14,17H2,1-2H3. The number of piperidine rings is 1. The van der Waals surface area contributed by atoms with Crippen molar-refractivity contribution in [1.82, 2.24) is 4.90 Å². The molecule has 2 amide bonds. The maximum Gasteiger partial charge on any atom is 0.337 e. The lowest BCUT2D eigenvalue weighted by Gasteiger charge is -2.26. The van der Waals surface area contributed by atoms with Gasteiger partial charge in [0.1, 0.15) is 0 Å². The number of hydrogen-bond donors (Lipinski definition) is 0. The number of esters is 1. The van der Waals surface area contributed by atoms with Gasteiger partial charge in [-0.2, -0.15) is 0 Å². The molecule has 2 aliphatic rings. The first kappa shape index (κ1) is 23.6. The third-order valence-corrected chi connectivity index (χ3v) is 6.19. The Hall–Kier alpha value is -3.55. The van der Waals surface area contributed by atoms with E-state index in [1.165, 1.54) is 7.11 Å². The first-order valence-corrected chi connectivity index (χ1v) is 11.7. The minimum absolute atomic E-state index is 0.0395. The number of fused-ring (bicyclic) bond motifs is 1. The number of ether oxygens (including phenoxy) is 3. The van der Waals surface area contributed by atoms with Crippen molar-refractivity contribution in [2.24, 2.45) is 0 Å². The van der Waals surface area contributed by atoms with E-state index in [1.807, 2.05) is 11.8 Å². The number of amides is 2. The van der Waals surface area contributed by atoms with E-state index in [0.717, 1.165) is 43.6 Å². The third-order valence-electron chi connectivity index (χ3n) is 6.19. The van der Waals surface area contributed by atoms with Crippen molar-refractivity contribution in [1.29, 1.82) is 0 Å². The summed E-state index contributed by atoms with van der Waals surface area (Å²) in [7, 11) is 1.35. The highest BCUT2D eigenvalue weighted by Crippen LogP contribution is 2.33. The molecule has 34 heavy (non-hydrogen) atoms. The molecule has 2 heterocycles. The number of benzene rings is 2. The highest BCUT2D eigenvalue weighted by molar-refractivity contribution is 6.08. The smallest absolute Gasteiger partial charge is 0.337 e. The SMILES string of the molecule is CCOc1cc(C(=O)N2CCc3cc(C(=O)OC)ccc32)ccc1OCC(=O)N1CCCCC1. The second-order valence-corrected chi connectivity index (χ2v) is 8.37. The molecule has 2 aromatic carbocycles. The van der Waals surface area contributed by atoms with Crippen molar-refractivity contribution in [2.45, 2.75) is 32.6 Å². The van der Waals surface area contributed by atoms with E-state index in [9.17, 15) is 14.4 Å². The molecule has 8 heteroatoms. The first-order valence-electron chi connectivity index (χ1n) is 11.7. The number of carbonyl (C=O) groups excluding carboxylic acids is 3. The van der Waals surface area contributed by atoms with Crippen LogP contribution in [0.1, 0.15) is 52.5 Å². The average molecular weight is 467 g/mol. The second-order valence-electron chi connectivity index (χ2n) is 8.37. The van der Waals surface area contributed by atoms with Crippen LogP contribution in [0.5, 0.6) is 11.5 Å². The van der Waals surface area contributed by atoms with Crippen LogP contribution in [0.4, 0.5) is 5.69 Å². The van der Waals surface area contributed by atoms with Crippen molar-refractivity contribution >= 4 is 23.5 Å². The van der Waals surface area contributed by atoms with Crippen LogP contribution in [0.25, 0.3) is 0 Å². The molecular weight excluding hydrogens is 436 g/mol. The zero-order chi connectivity index (χ0) is 24.1. The van der Waals surface area contributed by atoms with Crippen molar-refractivity contribution in [3.05, 3.63) is 53.1 Å². The number of nitrogens with zero attached hydrogens (tertiary/aromatic N) is 2. The fourth-order valence-electron chi connectivity index (χ4n) is 4.42. The Morgan fingerprint density at radius 2 is 1.65 bits per heavy atom. The van der Waals surface area contributed by atoms with Crippen LogP contribution in [0.3, 0.4) is 0 Å². The van der Waals surface area contributed by atoms with Gasteiger partial charge in [0.25, 0.3) is 11.8 Å². The lowest BCUT2D eigenvalue weighted by atomic mass is 10.1. The molecule has 0 radical (unpaired) electrons. The summed E-state index contributed by atoms with van der Waals surface area (Å²) in [4.78, 5) is 41.1. The monoisotopic (exact) mass is 466 g/mol. The molecule has 2 aromatic rings. The summed E-state index contributed by atoms with van der Waals surface area (Å²) in [5, 5.41) is 0. The molecule has 180 valence electrons. The van der Waals surface area contributed by atoms with E-state index in [4.69, 9.17) is 14.2 Å². The number of hydrogen-bond acceptors (Lipinski definition) is 6. The molecule has 0 spiro atoms. The molecule has 0 atom stereocenters.